The van der Waals surface area contributed by atoms with Crippen molar-refractivity contribution in [3.05, 3.63) is 29.3 Å². The third-order valence-electron chi connectivity index (χ3n) is 6.08. The number of rotatable bonds is 1. The molecule has 2 atom stereocenters. The third-order valence-corrected chi connectivity index (χ3v) is 6.08. The lowest BCUT2D eigenvalue weighted by Crippen LogP contribution is -2.32. The number of fused-ring (bicyclic) bond motifs is 3. The molecule has 110 valence electrons. The van der Waals surface area contributed by atoms with E-state index in [0.29, 0.717) is 11.7 Å². The van der Waals surface area contributed by atoms with Gasteiger partial charge in [0.15, 0.2) is 17.3 Å². The van der Waals surface area contributed by atoms with E-state index in [-0.39, 0.29) is 17.6 Å². The van der Waals surface area contributed by atoms with E-state index < -0.39 is 0 Å². The van der Waals surface area contributed by atoms with Crippen LogP contribution in [0.1, 0.15) is 39.2 Å². The van der Waals surface area contributed by atoms with Crippen LogP contribution in [0.2, 0.25) is 0 Å². The van der Waals surface area contributed by atoms with E-state index in [0.717, 1.165) is 35.5 Å². The topological polar surface area (TPSA) is 35.5 Å². The molecule has 4 rings (SSSR count). The second-order valence-corrected chi connectivity index (χ2v) is 7.19. The predicted molar refractivity (Wildman–Crippen MR) is 80.2 cm³/mol. The second-order valence-electron chi connectivity index (χ2n) is 7.19. The van der Waals surface area contributed by atoms with Crippen molar-refractivity contribution in [2.45, 2.75) is 33.6 Å². The van der Waals surface area contributed by atoms with Gasteiger partial charge in [-0.2, -0.15) is 0 Å². The number of ether oxygens (including phenoxy) is 2. The molecule has 0 N–H and O–H groups in total. The molecule has 2 aliphatic carbocycles. The van der Waals surface area contributed by atoms with Crippen LogP contribution < -0.4 is 9.47 Å². The standard InChI is InChI=1S/C18H20O3/c1-17(2)13-6-7-18(17,3)16(19)12(13)8-11-4-5-14-15(9-11)21-10-20-14/h4-5,8-9,13H,6-7,10H2,1-3H3/b12-8+. The Balaban J connectivity index is 1.76. The first kappa shape index (κ1) is 12.9. The van der Waals surface area contributed by atoms with E-state index in [1.165, 1.54) is 0 Å². The number of benzene rings is 1. The first-order chi connectivity index (χ1) is 9.93. The quantitative estimate of drug-likeness (QED) is 0.735. The maximum Gasteiger partial charge on any atom is 0.231 e. The molecule has 2 fully saturated rings. The van der Waals surface area contributed by atoms with Gasteiger partial charge in [-0.05, 0) is 53.5 Å². The lowest BCUT2D eigenvalue weighted by molar-refractivity contribution is -0.125. The van der Waals surface area contributed by atoms with Crippen LogP contribution in [-0.2, 0) is 4.79 Å². The van der Waals surface area contributed by atoms with Crippen molar-refractivity contribution in [2.75, 3.05) is 6.79 Å². The van der Waals surface area contributed by atoms with Crippen LogP contribution in [0.4, 0.5) is 0 Å². The van der Waals surface area contributed by atoms with Gasteiger partial charge in [0, 0.05) is 5.41 Å². The van der Waals surface area contributed by atoms with Crippen LogP contribution in [0, 0.1) is 16.7 Å². The van der Waals surface area contributed by atoms with Gasteiger partial charge in [-0.1, -0.05) is 26.8 Å². The van der Waals surface area contributed by atoms with Crippen LogP contribution in [0.15, 0.2) is 23.8 Å². The van der Waals surface area contributed by atoms with Gasteiger partial charge in [0.05, 0.1) is 0 Å². The van der Waals surface area contributed by atoms with E-state index >= 15 is 0 Å². The van der Waals surface area contributed by atoms with Crippen LogP contribution in [0.5, 0.6) is 11.5 Å². The predicted octanol–water partition coefficient (Wildman–Crippen LogP) is 3.82. The fourth-order valence-corrected chi connectivity index (χ4v) is 4.28. The molecule has 0 aromatic heterocycles. The highest BCUT2D eigenvalue weighted by Crippen LogP contribution is 2.65. The van der Waals surface area contributed by atoms with Crippen molar-refractivity contribution >= 4 is 11.9 Å². The summed E-state index contributed by atoms with van der Waals surface area (Å²) in [5.41, 5.74) is 1.88. The Bertz CT molecular complexity index is 671. The summed E-state index contributed by atoms with van der Waals surface area (Å²) in [6.07, 6.45) is 4.19. The van der Waals surface area contributed by atoms with Gasteiger partial charge >= 0.3 is 0 Å². The highest BCUT2D eigenvalue weighted by atomic mass is 16.7. The minimum Gasteiger partial charge on any atom is -0.454 e. The Morgan fingerprint density at radius 2 is 1.95 bits per heavy atom. The molecule has 0 spiro atoms. The lowest BCUT2D eigenvalue weighted by Gasteiger charge is -2.31. The summed E-state index contributed by atoms with van der Waals surface area (Å²) in [4.78, 5) is 12.8. The minimum absolute atomic E-state index is 0.0618. The molecule has 2 bridgehead atoms. The van der Waals surface area contributed by atoms with Crippen LogP contribution in [-0.4, -0.2) is 12.6 Å². The fourth-order valence-electron chi connectivity index (χ4n) is 4.28. The van der Waals surface area contributed by atoms with Crippen LogP contribution in [0.25, 0.3) is 6.08 Å². The minimum atomic E-state index is -0.195. The summed E-state index contributed by atoms with van der Waals surface area (Å²) in [5, 5.41) is 0. The zero-order valence-corrected chi connectivity index (χ0v) is 12.7. The molecule has 3 heteroatoms. The highest BCUT2D eigenvalue weighted by molar-refractivity contribution is 6.08. The number of carbonyl (C=O) groups excluding carboxylic acids is 1. The maximum atomic E-state index is 12.8. The summed E-state index contributed by atoms with van der Waals surface area (Å²) >= 11 is 0. The summed E-state index contributed by atoms with van der Waals surface area (Å²) in [5.74, 6) is 2.26. The van der Waals surface area contributed by atoms with Gasteiger partial charge in [0.1, 0.15) is 0 Å². The van der Waals surface area contributed by atoms with Gasteiger partial charge in [0.25, 0.3) is 0 Å². The number of allylic oxidation sites excluding steroid dienone is 1. The molecule has 2 unspecified atom stereocenters. The van der Waals surface area contributed by atoms with Gasteiger partial charge in [0.2, 0.25) is 6.79 Å². The molecule has 3 nitrogen and oxygen atoms in total. The average molecular weight is 284 g/mol. The first-order valence-corrected chi connectivity index (χ1v) is 7.59. The molecule has 1 heterocycles. The van der Waals surface area contributed by atoms with Crippen molar-refractivity contribution in [3.63, 3.8) is 0 Å². The Kier molecular flexibility index (Phi) is 2.40. The first-order valence-electron chi connectivity index (χ1n) is 7.59. The largest absolute Gasteiger partial charge is 0.454 e. The van der Waals surface area contributed by atoms with E-state index in [4.69, 9.17) is 9.47 Å². The molecular weight excluding hydrogens is 264 g/mol. The Morgan fingerprint density at radius 3 is 2.67 bits per heavy atom. The summed E-state index contributed by atoms with van der Waals surface area (Å²) in [6, 6.07) is 5.87. The number of hydrogen-bond donors (Lipinski definition) is 0. The number of hydrogen-bond acceptors (Lipinski definition) is 3. The van der Waals surface area contributed by atoms with Crippen molar-refractivity contribution in [1.29, 1.82) is 0 Å². The van der Waals surface area contributed by atoms with E-state index in [2.05, 4.69) is 26.8 Å². The second kappa shape index (κ2) is 3.90. The molecule has 3 aliphatic rings. The van der Waals surface area contributed by atoms with Crippen LogP contribution in [0.3, 0.4) is 0 Å². The summed E-state index contributed by atoms with van der Waals surface area (Å²) in [7, 11) is 0. The number of Topliss-reactive ketones (excluding diaryl/α,β-unsaturated/α-hetero) is 1. The summed E-state index contributed by atoms with van der Waals surface area (Å²) < 4.78 is 10.7. The van der Waals surface area contributed by atoms with Gasteiger partial charge in [-0.15, -0.1) is 0 Å². The molecule has 0 saturated heterocycles. The smallest absolute Gasteiger partial charge is 0.231 e. The Labute approximate surface area is 124 Å². The highest BCUT2D eigenvalue weighted by Gasteiger charge is 2.63. The monoisotopic (exact) mass is 284 g/mol. The molecule has 0 radical (unpaired) electrons. The van der Waals surface area contributed by atoms with Gasteiger partial charge in [-0.25, -0.2) is 0 Å². The zero-order valence-electron chi connectivity index (χ0n) is 12.7. The third kappa shape index (κ3) is 1.52. The molecule has 0 amide bonds. The van der Waals surface area contributed by atoms with Crippen molar-refractivity contribution in [3.8, 4) is 11.5 Å². The van der Waals surface area contributed by atoms with E-state index in [9.17, 15) is 4.79 Å². The molecule has 1 aromatic rings. The molecule has 1 aliphatic heterocycles. The van der Waals surface area contributed by atoms with E-state index in [1.54, 1.807) is 0 Å². The van der Waals surface area contributed by atoms with Gasteiger partial charge in [-0.3, -0.25) is 4.79 Å². The zero-order chi connectivity index (χ0) is 14.8. The maximum absolute atomic E-state index is 12.8. The summed E-state index contributed by atoms with van der Waals surface area (Å²) in [6.45, 7) is 6.89. The molecular formula is C18H20O3. The lowest BCUT2D eigenvalue weighted by atomic mass is 9.70. The average Bonchev–Trinajstić information content (AvgIpc) is 3.02. The van der Waals surface area contributed by atoms with Crippen molar-refractivity contribution < 1.29 is 14.3 Å². The Morgan fingerprint density at radius 1 is 1.19 bits per heavy atom. The number of ketones is 1. The van der Waals surface area contributed by atoms with Crippen LogP contribution >= 0.6 is 0 Å². The fraction of sp³-hybridized carbons (Fsp3) is 0.500. The normalized spacial score (nSPS) is 34.0. The van der Waals surface area contributed by atoms with Crippen molar-refractivity contribution in [2.24, 2.45) is 16.7 Å². The van der Waals surface area contributed by atoms with Crippen molar-refractivity contribution in [1.82, 2.24) is 0 Å². The Hall–Kier alpha value is -1.77. The molecule has 1 aromatic carbocycles. The number of carbonyl (C=O) groups is 1. The molecule has 2 saturated carbocycles. The SMILES string of the molecule is CC12CCC(/C(=C\c3ccc4c(c3)OCO4)C1=O)C2(C)C. The molecule has 21 heavy (non-hydrogen) atoms. The van der Waals surface area contributed by atoms with Gasteiger partial charge < -0.3 is 9.47 Å². The van der Waals surface area contributed by atoms with E-state index in [1.807, 2.05) is 18.2 Å².